The fourth-order valence-electron chi connectivity index (χ4n) is 4.97. The number of pyridine rings is 1. The van der Waals surface area contributed by atoms with Gasteiger partial charge in [0.2, 0.25) is 5.91 Å². The molecule has 1 aliphatic heterocycles. The third-order valence-corrected chi connectivity index (χ3v) is 6.73. The molecule has 0 unspecified atom stereocenters. The number of rotatable bonds is 5. The maximum atomic E-state index is 12.8. The number of anilines is 1. The number of carbonyl (C=O) groups is 1. The Labute approximate surface area is 188 Å². The molecule has 8 nitrogen and oxygen atoms in total. The van der Waals surface area contributed by atoms with E-state index in [2.05, 4.69) is 34.4 Å². The van der Waals surface area contributed by atoms with Crippen molar-refractivity contribution < 1.29 is 9.72 Å². The standard InChI is InChI=1S/C24H31N5O3/c1-18-16-20(19(2)28(18)21-6-4-3-5-7-21)8-11-24(30)27-14-12-26(13-15-27)23-10-9-22(17-25-23)29(31)32/h8-11,16-17,21H,3-7,12-15H2,1-2H3/b11-8+. The second-order valence-corrected chi connectivity index (χ2v) is 8.77. The van der Waals surface area contributed by atoms with Gasteiger partial charge in [-0.1, -0.05) is 19.3 Å². The Bertz CT molecular complexity index is 997. The van der Waals surface area contributed by atoms with Gasteiger partial charge in [0.25, 0.3) is 5.69 Å². The quantitative estimate of drug-likeness (QED) is 0.396. The highest BCUT2D eigenvalue weighted by atomic mass is 16.6. The average molecular weight is 438 g/mol. The van der Waals surface area contributed by atoms with Gasteiger partial charge in [-0.2, -0.15) is 0 Å². The van der Waals surface area contributed by atoms with Crippen LogP contribution >= 0.6 is 0 Å². The second kappa shape index (κ2) is 9.54. The molecule has 0 N–H and O–H groups in total. The topological polar surface area (TPSA) is 84.5 Å². The van der Waals surface area contributed by atoms with Crippen LogP contribution in [0.4, 0.5) is 11.5 Å². The van der Waals surface area contributed by atoms with Gasteiger partial charge in [-0.05, 0) is 50.5 Å². The lowest BCUT2D eigenvalue weighted by Crippen LogP contribution is -2.48. The number of nitrogens with zero attached hydrogens (tertiary/aromatic N) is 5. The molecule has 4 rings (SSSR count). The van der Waals surface area contributed by atoms with Gasteiger partial charge in [0.05, 0.1) is 4.92 Å². The fraction of sp³-hybridized carbons (Fsp3) is 0.500. The molecular weight excluding hydrogens is 406 g/mol. The van der Waals surface area contributed by atoms with Crippen LogP contribution in [0, 0.1) is 24.0 Å². The number of aryl methyl sites for hydroxylation is 1. The summed E-state index contributed by atoms with van der Waals surface area (Å²) in [6, 6.07) is 5.90. The Morgan fingerprint density at radius 3 is 2.47 bits per heavy atom. The van der Waals surface area contributed by atoms with Crippen LogP contribution in [0.2, 0.25) is 0 Å². The van der Waals surface area contributed by atoms with Crippen molar-refractivity contribution in [1.29, 1.82) is 0 Å². The molecule has 0 aromatic carbocycles. The second-order valence-electron chi connectivity index (χ2n) is 8.77. The number of aromatic nitrogens is 2. The number of hydrogen-bond donors (Lipinski definition) is 0. The fourth-order valence-corrected chi connectivity index (χ4v) is 4.97. The van der Waals surface area contributed by atoms with Gasteiger partial charge < -0.3 is 14.4 Å². The Balaban J connectivity index is 1.35. The van der Waals surface area contributed by atoms with Gasteiger partial charge in [-0.3, -0.25) is 14.9 Å². The predicted molar refractivity (Wildman–Crippen MR) is 125 cm³/mol. The first-order valence-corrected chi connectivity index (χ1v) is 11.4. The number of hydrogen-bond acceptors (Lipinski definition) is 5. The zero-order valence-corrected chi connectivity index (χ0v) is 18.9. The highest BCUT2D eigenvalue weighted by Gasteiger charge is 2.22. The molecule has 1 saturated heterocycles. The van der Waals surface area contributed by atoms with Crippen molar-refractivity contribution in [3.8, 4) is 0 Å². The van der Waals surface area contributed by atoms with Crippen molar-refractivity contribution in [2.75, 3.05) is 31.1 Å². The minimum atomic E-state index is -0.452. The molecule has 2 aromatic heterocycles. The molecule has 2 fully saturated rings. The van der Waals surface area contributed by atoms with Gasteiger partial charge in [0, 0.05) is 55.8 Å². The van der Waals surface area contributed by atoms with Crippen molar-refractivity contribution in [3.63, 3.8) is 0 Å². The summed E-state index contributed by atoms with van der Waals surface area (Å²) in [6.45, 7) is 6.82. The minimum Gasteiger partial charge on any atom is -0.353 e. The smallest absolute Gasteiger partial charge is 0.287 e. The zero-order chi connectivity index (χ0) is 22.7. The highest BCUT2D eigenvalue weighted by Crippen LogP contribution is 2.32. The molecule has 2 aromatic rings. The van der Waals surface area contributed by atoms with E-state index in [-0.39, 0.29) is 11.6 Å². The van der Waals surface area contributed by atoms with Crippen LogP contribution in [0.15, 0.2) is 30.5 Å². The number of nitro groups is 1. The first-order valence-electron chi connectivity index (χ1n) is 11.4. The summed E-state index contributed by atoms with van der Waals surface area (Å²) in [5.41, 5.74) is 3.61. The average Bonchev–Trinajstić information content (AvgIpc) is 3.11. The molecule has 0 radical (unpaired) electrons. The molecular formula is C24H31N5O3. The van der Waals surface area contributed by atoms with E-state index in [0.717, 1.165) is 5.56 Å². The monoisotopic (exact) mass is 437 g/mol. The van der Waals surface area contributed by atoms with E-state index in [1.807, 2.05) is 11.0 Å². The molecule has 0 spiro atoms. The van der Waals surface area contributed by atoms with Gasteiger partial charge in [0.1, 0.15) is 12.0 Å². The van der Waals surface area contributed by atoms with Crippen molar-refractivity contribution in [2.24, 2.45) is 0 Å². The van der Waals surface area contributed by atoms with E-state index in [1.165, 1.54) is 55.8 Å². The summed E-state index contributed by atoms with van der Waals surface area (Å²) in [5, 5.41) is 10.8. The molecule has 32 heavy (non-hydrogen) atoms. The maximum absolute atomic E-state index is 12.8. The normalized spacial score (nSPS) is 17.8. The van der Waals surface area contributed by atoms with E-state index in [9.17, 15) is 14.9 Å². The summed E-state index contributed by atoms with van der Waals surface area (Å²) in [4.78, 5) is 31.2. The summed E-state index contributed by atoms with van der Waals surface area (Å²) < 4.78 is 2.46. The van der Waals surface area contributed by atoms with E-state index < -0.39 is 4.92 Å². The Morgan fingerprint density at radius 2 is 1.84 bits per heavy atom. The summed E-state index contributed by atoms with van der Waals surface area (Å²) >= 11 is 0. The van der Waals surface area contributed by atoms with Crippen LogP contribution in [0.5, 0.6) is 0 Å². The molecule has 1 aliphatic carbocycles. The van der Waals surface area contributed by atoms with Crippen LogP contribution < -0.4 is 4.90 Å². The maximum Gasteiger partial charge on any atom is 0.287 e. The van der Waals surface area contributed by atoms with Crippen molar-refractivity contribution >= 4 is 23.5 Å². The van der Waals surface area contributed by atoms with Gasteiger partial charge in [-0.15, -0.1) is 0 Å². The first-order chi connectivity index (χ1) is 15.4. The van der Waals surface area contributed by atoms with E-state index in [0.29, 0.717) is 38.0 Å². The summed E-state index contributed by atoms with van der Waals surface area (Å²) in [7, 11) is 0. The minimum absolute atomic E-state index is 0.0174. The first kappa shape index (κ1) is 22.0. The summed E-state index contributed by atoms with van der Waals surface area (Å²) in [5.74, 6) is 0.720. The summed E-state index contributed by atoms with van der Waals surface area (Å²) in [6.07, 6.45) is 11.3. The molecule has 0 bridgehead atoms. The van der Waals surface area contributed by atoms with Crippen molar-refractivity contribution in [1.82, 2.24) is 14.5 Å². The van der Waals surface area contributed by atoms with Gasteiger partial charge >= 0.3 is 0 Å². The number of piperazine rings is 1. The molecule has 8 heteroatoms. The highest BCUT2D eigenvalue weighted by molar-refractivity contribution is 5.92. The molecule has 1 amide bonds. The molecule has 170 valence electrons. The Morgan fingerprint density at radius 1 is 1.12 bits per heavy atom. The van der Waals surface area contributed by atoms with Crippen LogP contribution in [-0.4, -0.2) is 51.5 Å². The van der Waals surface area contributed by atoms with E-state index >= 15 is 0 Å². The zero-order valence-electron chi connectivity index (χ0n) is 18.9. The molecule has 3 heterocycles. The lowest BCUT2D eigenvalue weighted by atomic mass is 9.95. The van der Waals surface area contributed by atoms with Crippen LogP contribution in [0.3, 0.4) is 0 Å². The Kier molecular flexibility index (Phi) is 6.58. The number of carbonyl (C=O) groups excluding carboxylic acids is 1. The third kappa shape index (κ3) is 4.69. The van der Waals surface area contributed by atoms with Crippen LogP contribution in [0.1, 0.15) is 55.1 Å². The van der Waals surface area contributed by atoms with Crippen molar-refractivity contribution in [2.45, 2.75) is 52.0 Å². The van der Waals surface area contributed by atoms with Gasteiger partial charge in [0.15, 0.2) is 0 Å². The predicted octanol–water partition coefficient (Wildman–Crippen LogP) is 4.28. The SMILES string of the molecule is Cc1cc(/C=C/C(=O)N2CCN(c3ccc([N+](=O)[O-])cn3)CC2)c(C)n1C1CCCCC1. The lowest BCUT2D eigenvalue weighted by Gasteiger charge is -2.34. The molecule has 0 atom stereocenters. The lowest BCUT2D eigenvalue weighted by molar-refractivity contribution is -0.385. The Hall–Kier alpha value is -3.16. The third-order valence-electron chi connectivity index (χ3n) is 6.73. The van der Waals surface area contributed by atoms with Crippen LogP contribution in [0.25, 0.3) is 6.08 Å². The number of amides is 1. The van der Waals surface area contributed by atoms with Crippen LogP contribution in [-0.2, 0) is 4.79 Å². The van der Waals surface area contributed by atoms with E-state index in [4.69, 9.17) is 0 Å². The molecule has 2 aliphatic rings. The largest absolute Gasteiger partial charge is 0.353 e. The van der Waals surface area contributed by atoms with Crippen molar-refractivity contribution in [3.05, 3.63) is 57.5 Å². The van der Waals surface area contributed by atoms with Gasteiger partial charge in [-0.25, -0.2) is 4.98 Å². The van der Waals surface area contributed by atoms with E-state index in [1.54, 1.807) is 12.1 Å². The molecule has 1 saturated carbocycles.